The van der Waals surface area contributed by atoms with Crippen molar-refractivity contribution >= 4 is 10.9 Å². The summed E-state index contributed by atoms with van der Waals surface area (Å²) in [6, 6.07) is 6.78. The first-order chi connectivity index (χ1) is 8.31. The third-order valence-electron chi connectivity index (χ3n) is 4.39. The number of fused-ring (bicyclic) bond motifs is 6. The summed E-state index contributed by atoms with van der Waals surface area (Å²) in [6.45, 7) is 5.88. The van der Waals surface area contributed by atoms with E-state index in [0.29, 0.717) is 0 Å². The zero-order valence-corrected chi connectivity index (χ0v) is 10.3. The Hall–Kier alpha value is -1.28. The van der Waals surface area contributed by atoms with Crippen molar-refractivity contribution in [1.82, 2.24) is 9.88 Å². The molecule has 2 nitrogen and oxygen atoms in total. The minimum Gasteiger partial charge on any atom is -0.358 e. The van der Waals surface area contributed by atoms with E-state index in [1.165, 1.54) is 48.1 Å². The minimum absolute atomic E-state index is 0.750. The van der Waals surface area contributed by atoms with Crippen LogP contribution < -0.4 is 0 Å². The lowest BCUT2D eigenvalue weighted by molar-refractivity contribution is 0.181. The van der Waals surface area contributed by atoms with Gasteiger partial charge in [-0.1, -0.05) is 11.6 Å². The molecule has 1 aromatic carbocycles. The summed E-state index contributed by atoms with van der Waals surface area (Å²) in [5.74, 6) is 0.750. The Bertz CT molecular complexity index is 582. The summed E-state index contributed by atoms with van der Waals surface area (Å²) in [7, 11) is 0. The summed E-state index contributed by atoms with van der Waals surface area (Å²) >= 11 is 0. The third kappa shape index (κ3) is 1.37. The third-order valence-corrected chi connectivity index (χ3v) is 4.39. The number of benzene rings is 1. The predicted molar refractivity (Wildman–Crippen MR) is 70.3 cm³/mol. The highest BCUT2D eigenvalue weighted by molar-refractivity contribution is 5.85. The van der Waals surface area contributed by atoms with Gasteiger partial charge in [0.2, 0.25) is 0 Å². The van der Waals surface area contributed by atoms with Gasteiger partial charge in [-0.15, -0.1) is 0 Å². The average molecular weight is 226 g/mol. The number of piperidine rings is 1. The van der Waals surface area contributed by atoms with Gasteiger partial charge in [0, 0.05) is 35.6 Å². The summed E-state index contributed by atoms with van der Waals surface area (Å²) < 4.78 is 0. The molecule has 2 heteroatoms. The van der Waals surface area contributed by atoms with Crippen molar-refractivity contribution in [3.63, 3.8) is 0 Å². The Morgan fingerprint density at radius 1 is 1.35 bits per heavy atom. The number of rotatable bonds is 0. The van der Waals surface area contributed by atoms with Gasteiger partial charge < -0.3 is 4.98 Å². The highest BCUT2D eigenvalue weighted by Gasteiger charge is 2.31. The molecule has 0 amide bonds. The number of aromatic amines is 1. The van der Waals surface area contributed by atoms with Gasteiger partial charge in [-0.2, -0.15) is 0 Å². The Morgan fingerprint density at radius 2 is 2.29 bits per heavy atom. The maximum absolute atomic E-state index is 3.67. The van der Waals surface area contributed by atoms with Gasteiger partial charge in [0.15, 0.2) is 0 Å². The van der Waals surface area contributed by atoms with Crippen LogP contribution in [0, 0.1) is 6.92 Å². The number of hydrogen-bond acceptors (Lipinski definition) is 1. The maximum atomic E-state index is 3.67. The van der Waals surface area contributed by atoms with Crippen molar-refractivity contribution in [3.05, 3.63) is 35.0 Å². The van der Waals surface area contributed by atoms with Crippen LogP contribution in [0.3, 0.4) is 0 Å². The molecule has 4 rings (SSSR count). The number of aromatic nitrogens is 1. The Morgan fingerprint density at radius 3 is 3.24 bits per heavy atom. The molecule has 0 saturated carbocycles. The fraction of sp³-hybridized carbons (Fsp3) is 0.467. The smallest absolute Gasteiger partial charge is 0.0459 e. The van der Waals surface area contributed by atoms with Crippen molar-refractivity contribution < 1.29 is 0 Å². The summed E-state index contributed by atoms with van der Waals surface area (Å²) in [5, 5.41) is 1.46. The zero-order valence-electron chi connectivity index (χ0n) is 10.3. The van der Waals surface area contributed by atoms with E-state index in [0.717, 1.165) is 12.5 Å². The molecular weight excluding hydrogens is 208 g/mol. The molecule has 0 spiro atoms. The number of aryl methyl sites for hydroxylation is 1. The van der Waals surface area contributed by atoms with Crippen LogP contribution in [0.25, 0.3) is 10.9 Å². The van der Waals surface area contributed by atoms with E-state index < -0.39 is 0 Å². The first-order valence-electron chi connectivity index (χ1n) is 6.65. The maximum Gasteiger partial charge on any atom is 0.0459 e. The van der Waals surface area contributed by atoms with Gasteiger partial charge in [0.1, 0.15) is 0 Å². The van der Waals surface area contributed by atoms with Gasteiger partial charge in [-0.05, 0) is 44.0 Å². The molecule has 2 aliphatic heterocycles. The average Bonchev–Trinajstić information content (AvgIpc) is 2.68. The lowest BCUT2D eigenvalue weighted by Crippen LogP contribution is -2.38. The molecule has 3 heterocycles. The fourth-order valence-electron chi connectivity index (χ4n) is 3.56. The van der Waals surface area contributed by atoms with Crippen LogP contribution in [-0.4, -0.2) is 23.0 Å². The monoisotopic (exact) mass is 226 g/mol. The van der Waals surface area contributed by atoms with Gasteiger partial charge in [0.25, 0.3) is 0 Å². The molecule has 1 N–H and O–H groups in total. The standard InChI is InChI=1S/C15H18N2/c1-10-4-5-14-12(7-10)13-9-17-6-2-3-11(8-17)15(13)16-14/h4-5,7,11,16H,2-3,6,8-9H2,1H3/t11-/m0/s1. The molecule has 2 atom stereocenters. The summed E-state index contributed by atoms with van der Waals surface area (Å²) in [4.78, 5) is 6.29. The molecule has 0 aliphatic carbocycles. The van der Waals surface area contributed by atoms with Crippen LogP contribution in [0.2, 0.25) is 0 Å². The molecule has 2 aromatic rings. The van der Waals surface area contributed by atoms with Crippen molar-refractivity contribution in [3.8, 4) is 0 Å². The lowest BCUT2D eigenvalue weighted by Gasteiger charge is -2.37. The SMILES string of the molecule is Cc1ccc2[nH]c3c(c2c1)CN1CCC[C@H]3C1. The van der Waals surface area contributed by atoms with Crippen LogP contribution in [0.4, 0.5) is 0 Å². The second-order valence-corrected chi connectivity index (χ2v) is 5.64. The second-order valence-electron chi connectivity index (χ2n) is 5.64. The normalized spacial score (nSPS) is 27.1. The number of nitrogens with one attached hydrogen (secondary N) is 1. The van der Waals surface area contributed by atoms with Gasteiger partial charge >= 0.3 is 0 Å². The fourth-order valence-corrected chi connectivity index (χ4v) is 3.56. The van der Waals surface area contributed by atoms with E-state index >= 15 is 0 Å². The minimum atomic E-state index is 0.750. The van der Waals surface area contributed by atoms with Gasteiger partial charge in [-0.25, -0.2) is 0 Å². The van der Waals surface area contributed by atoms with Crippen LogP contribution in [0.15, 0.2) is 18.2 Å². The van der Waals surface area contributed by atoms with Crippen LogP contribution in [0.1, 0.15) is 35.6 Å². The zero-order chi connectivity index (χ0) is 11.4. The number of hydrogen-bond donors (Lipinski definition) is 1. The van der Waals surface area contributed by atoms with Crippen molar-refractivity contribution in [2.24, 2.45) is 0 Å². The molecule has 1 saturated heterocycles. The topological polar surface area (TPSA) is 19.0 Å². The van der Waals surface area contributed by atoms with E-state index in [2.05, 4.69) is 35.0 Å². The first kappa shape index (κ1) is 9.72. The molecule has 1 fully saturated rings. The Balaban J connectivity index is 1.97. The molecule has 1 aromatic heterocycles. The summed E-state index contributed by atoms with van der Waals surface area (Å²) in [5.41, 5.74) is 5.79. The molecule has 2 bridgehead atoms. The van der Waals surface area contributed by atoms with E-state index in [9.17, 15) is 0 Å². The van der Waals surface area contributed by atoms with Crippen molar-refractivity contribution in [2.45, 2.75) is 32.2 Å². The van der Waals surface area contributed by atoms with E-state index in [1.54, 1.807) is 5.56 Å². The highest BCUT2D eigenvalue weighted by Crippen LogP contribution is 2.38. The van der Waals surface area contributed by atoms with Crippen LogP contribution in [0.5, 0.6) is 0 Å². The molecule has 17 heavy (non-hydrogen) atoms. The molecule has 0 radical (unpaired) electrons. The van der Waals surface area contributed by atoms with Crippen LogP contribution in [-0.2, 0) is 6.54 Å². The van der Waals surface area contributed by atoms with Gasteiger partial charge in [0.05, 0.1) is 0 Å². The Labute approximate surface area is 102 Å². The summed E-state index contributed by atoms with van der Waals surface area (Å²) in [6.07, 6.45) is 2.72. The Kier molecular flexibility index (Phi) is 1.92. The number of nitrogens with zero attached hydrogens (tertiary/aromatic N) is 1. The number of H-pyrrole nitrogens is 1. The van der Waals surface area contributed by atoms with E-state index in [4.69, 9.17) is 0 Å². The molecule has 1 unspecified atom stereocenters. The first-order valence-corrected chi connectivity index (χ1v) is 6.65. The van der Waals surface area contributed by atoms with E-state index in [-0.39, 0.29) is 0 Å². The predicted octanol–water partition coefficient (Wildman–Crippen LogP) is 3.17. The quantitative estimate of drug-likeness (QED) is 0.731. The van der Waals surface area contributed by atoms with Crippen molar-refractivity contribution in [1.29, 1.82) is 0 Å². The van der Waals surface area contributed by atoms with Crippen LogP contribution >= 0.6 is 0 Å². The lowest BCUT2D eigenvalue weighted by atomic mass is 9.88. The molecule has 2 aliphatic rings. The van der Waals surface area contributed by atoms with Gasteiger partial charge in [-0.3, -0.25) is 4.90 Å². The largest absolute Gasteiger partial charge is 0.358 e. The molecular formula is C15H18N2. The molecule has 88 valence electrons. The van der Waals surface area contributed by atoms with E-state index in [1.807, 2.05) is 0 Å². The highest BCUT2D eigenvalue weighted by atomic mass is 15.1. The second kappa shape index (κ2) is 3.36. The van der Waals surface area contributed by atoms with Crippen molar-refractivity contribution in [2.75, 3.05) is 13.1 Å².